The molecule has 33 heavy (non-hydrogen) atoms. The third kappa shape index (κ3) is 5.38. The fraction of sp³-hybridized carbons (Fsp3) is 0.269. The SMILES string of the molecule is COC(=O)c1sc2nc(C[NH2+]Cc3ccc(C)cc3)nc(NCc3ccc(C)cc3)c2c1C. The Hall–Kier alpha value is -3.29. The minimum atomic E-state index is -0.340. The first-order chi connectivity index (χ1) is 15.9. The van der Waals surface area contributed by atoms with E-state index < -0.39 is 0 Å². The second-order valence-electron chi connectivity index (χ2n) is 8.24. The fourth-order valence-corrected chi connectivity index (χ4v) is 4.79. The molecular weight excluding hydrogens is 432 g/mol. The van der Waals surface area contributed by atoms with Crippen molar-refractivity contribution in [2.75, 3.05) is 12.4 Å². The molecule has 0 amide bonds. The van der Waals surface area contributed by atoms with E-state index in [2.05, 4.69) is 73.0 Å². The summed E-state index contributed by atoms with van der Waals surface area (Å²) in [6, 6.07) is 17.0. The lowest BCUT2D eigenvalue weighted by molar-refractivity contribution is -0.687. The monoisotopic (exact) mass is 461 g/mol. The third-order valence-corrected chi connectivity index (χ3v) is 6.78. The Morgan fingerprint density at radius 1 is 0.939 bits per heavy atom. The van der Waals surface area contributed by atoms with Crippen LogP contribution in [0.2, 0.25) is 0 Å². The van der Waals surface area contributed by atoms with Gasteiger partial charge >= 0.3 is 5.97 Å². The van der Waals surface area contributed by atoms with Crippen LogP contribution < -0.4 is 10.6 Å². The number of quaternary nitrogens is 1. The highest BCUT2D eigenvalue weighted by atomic mass is 32.1. The number of nitrogens with two attached hydrogens (primary N) is 1. The average molecular weight is 462 g/mol. The third-order valence-electron chi connectivity index (χ3n) is 5.62. The number of rotatable bonds is 8. The van der Waals surface area contributed by atoms with Gasteiger partial charge in [-0.2, -0.15) is 0 Å². The van der Waals surface area contributed by atoms with Gasteiger partial charge in [-0.3, -0.25) is 0 Å². The van der Waals surface area contributed by atoms with Crippen LogP contribution in [-0.2, 0) is 24.4 Å². The molecule has 0 atom stereocenters. The molecular formula is C26H29N4O2S+. The number of hydrogen-bond acceptors (Lipinski definition) is 6. The van der Waals surface area contributed by atoms with E-state index in [1.54, 1.807) is 0 Å². The van der Waals surface area contributed by atoms with Crippen LogP contribution in [0.25, 0.3) is 10.2 Å². The van der Waals surface area contributed by atoms with Crippen molar-refractivity contribution >= 4 is 33.3 Å². The van der Waals surface area contributed by atoms with E-state index in [9.17, 15) is 4.79 Å². The summed E-state index contributed by atoms with van der Waals surface area (Å²) < 4.78 is 4.98. The van der Waals surface area contributed by atoms with Crippen molar-refractivity contribution in [1.82, 2.24) is 9.97 Å². The lowest BCUT2D eigenvalue weighted by Crippen LogP contribution is -2.81. The van der Waals surface area contributed by atoms with Crippen molar-refractivity contribution in [3.63, 3.8) is 0 Å². The number of thiophene rings is 1. The second-order valence-corrected chi connectivity index (χ2v) is 9.24. The number of carbonyl (C=O) groups is 1. The van der Waals surface area contributed by atoms with Gasteiger partial charge in [-0.05, 0) is 31.9 Å². The van der Waals surface area contributed by atoms with Crippen molar-refractivity contribution in [3.8, 4) is 0 Å². The van der Waals surface area contributed by atoms with E-state index in [4.69, 9.17) is 14.7 Å². The molecule has 6 nitrogen and oxygen atoms in total. The highest BCUT2D eigenvalue weighted by Gasteiger charge is 2.21. The van der Waals surface area contributed by atoms with Crippen LogP contribution >= 0.6 is 11.3 Å². The molecule has 0 aliphatic heterocycles. The van der Waals surface area contributed by atoms with Gasteiger partial charge in [0.15, 0.2) is 5.82 Å². The lowest BCUT2D eigenvalue weighted by atomic mass is 10.1. The molecule has 7 heteroatoms. The Morgan fingerprint density at radius 3 is 2.21 bits per heavy atom. The van der Waals surface area contributed by atoms with Crippen LogP contribution in [0, 0.1) is 20.8 Å². The van der Waals surface area contributed by atoms with Crippen LogP contribution in [0.4, 0.5) is 5.82 Å². The van der Waals surface area contributed by atoms with Crippen molar-refractivity contribution in [3.05, 3.63) is 87.0 Å². The van der Waals surface area contributed by atoms with Crippen LogP contribution in [0.1, 0.15) is 43.3 Å². The Morgan fingerprint density at radius 2 is 1.58 bits per heavy atom. The number of nitrogens with zero attached hydrogens (tertiary/aromatic N) is 2. The largest absolute Gasteiger partial charge is 0.465 e. The number of benzene rings is 2. The van der Waals surface area contributed by atoms with Crippen LogP contribution in [-0.4, -0.2) is 23.0 Å². The number of nitrogens with one attached hydrogen (secondary N) is 1. The zero-order valence-corrected chi connectivity index (χ0v) is 20.3. The zero-order valence-electron chi connectivity index (χ0n) is 19.4. The normalized spacial score (nSPS) is 11.0. The molecule has 0 spiro atoms. The molecule has 0 aliphatic rings. The summed E-state index contributed by atoms with van der Waals surface area (Å²) >= 11 is 1.36. The molecule has 0 bridgehead atoms. The van der Waals surface area contributed by atoms with Crippen molar-refractivity contribution in [2.45, 2.75) is 40.4 Å². The van der Waals surface area contributed by atoms with Gasteiger partial charge in [-0.1, -0.05) is 59.7 Å². The summed E-state index contributed by atoms with van der Waals surface area (Å²) in [5.41, 5.74) is 5.76. The van der Waals surface area contributed by atoms with Crippen molar-refractivity contribution in [2.24, 2.45) is 0 Å². The van der Waals surface area contributed by atoms with E-state index >= 15 is 0 Å². The number of fused-ring (bicyclic) bond motifs is 1. The minimum Gasteiger partial charge on any atom is -0.465 e. The standard InChI is InChI=1S/C26H28N4O2S/c1-16-5-9-19(10-6-16)13-27-15-21-29-24(28-14-20-11-7-17(2)8-12-20)22-18(3)23(26(31)32-4)33-25(22)30-21/h5-12,27H,13-15H2,1-4H3,(H,28,29,30)/p+1. The summed E-state index contributed by atoms with van der Waals surface area (Å²) in [4.78, 5) is 23.3. The smallest absolute Gasteiger partial charge is 0.348 e. The van der Waals surface area contributed by atoms with Crippen LogP contribution in [0.3, 0.4) is 0 Å². The Labute approximate surface area is 198 Å². The number of carbonyl (C=O) groups excluding carboxylic acids is 1. The van der Waals surface area contributed by atoms with Gasteiger partial charge in [0.1, 0.15) is 28.6 Å². The molecule has 2 aromatic carbocycles. The summed E-state index contributed by atoms with van der Waals surface area (Å²) in [5.74, 6) is 1.15. The van der Waals surface area contributed by atoms with E-state index in [1.165, 1.54) is 40.7 Å². The molecule has 2 heterocycles. The molecule has 4 rings (SSSR count). The minimum absolute atomic E-state index is 0.340. The molecule has 0 aliphatic carbocycles. The van der Waals surface area contributed by atoms with Gasteiger partial charge in [-0.25, -0.2) is 14.8 Å². The molecule has 0 saturated carbocycles. The van der Waals surface area contributed by atoms with Gasteiger partial charge in [-0.15, -0.1) is 11.3 Å². The molecule has 0 saturated heterocycles. The summed E-state index contributed by atoms with van der Waals surface area (Å²) in [6.45, 7) is 8.23. The molecule has 4 aromatic rings. The Balaban J connectivity index is 1.60. The summed E-state index contributed by atoms with van der Waals surface area (Å²) in [6.07, 6.45) is 0. The van der Waals surface area contributed by atoms with Crippen LogP contribution in [0.15, 0.2) is 48.5 Å². The van der Waals surface area contributed by atoms with E-state index in [1.807, 2.05) is 6.92 Å². The van der Waals surface area contributed by atoms with E-state index in [-0.39, 0.29) is 5.97 Å². The number of hydrogen-bond donors (Lipinski definition) is 2. The van der Waals surface area contributed by atoms with Gasteiger partial charge in [0, 0.05) is 12.1 Å². The number of aromatic nitrogens is 2. The second kappa shape index (κ2) is 10.1. The number of methoxy groups -OCH3 is 1. The number of anilines is 1. The van der Waals surface area contributed by atoms with Gasteiger partial charge in [0.2, 0.25) is 0 Å². The number of ether oxygens (including phenoxy) is 1. The van der Waals surface area contributed by atoms with Crippen LogP contribution in [0.5, 0.6) is 0 Å². The maximum absolute atomic E-state index is 12.3. The molecule has 0 fully saturated rings. The molecule has 0 unspecified atom stereocenters. The molecule has 3 N–H and O–H groups in total. The van der Waals surface area contributed by atoms with Crippen molar-refractivity contribution in [1.29, 1.82) is 0 Å². The fourth-order valence-electron chi connectivity index (χ4n) is 3.67. The highest BCUT2D eigenvalue weighted by Crippen LogP contribution is 2.34. The Bertz CT molecular complexity index is 1260. The van der Waals surface area contributed by atoms with E-state index in [0.717, 1.165) is 34.0 Å². The van der Waals surface area contributed by atoms with E-state index in [0.29, 0.717) is 18.0 Å². The number of aryl methyl sites for hydroxylation is 3. The molecule has 170 valence electrons. The summed E-state index contributed by atoms with van der Waals surface area (Å²) in [5, 5.41) is 6.55. The van der Waals surface area contributed by atoms with Crippen molar-refractivity contribution < 1.29 is 14.8 Å². The Kier molecular flexibility index (Phi) is 7.01. The topological polar surface area (TPSA) is 80.7 Å². The first-order valence-corrected chi connectivity index (χ1v) is 11.8. The zero-order chi connectivity index (χ0) is 23.4. The highest BCUT2D eigenvalue weighted by molar-refractivity contribution is 7.20. The first-order valence-electron chi connectivity index (χ1n) is 11.0. The van der Waals surface area contributed by atoms with Gasteiger partial charge in [0.05, 0.1) is 12.5 Å². The average Bonchev–Trinajstić information content (AvgIpc) is 3.15. The molecule has 2 aromatic heterocycles. The predicted octanol–water partition coefficient (Wildman–Crippen LogP) is 4.28. The predicted molar refractivity (Wildman–Crippen MR) is 133 cm³/mol. The molecule has 0 radical (unpaired) electrons. The quantitative estimate of drug-likeness (QED) is 0.383. The van der Waals surface area contributed by atoms with Gasteiger partial charge in [0.25, 0.3) is 0 Å². The first kappa shape index (κ1) is 22.9. The summed E-state index contributed by atoms with van der Waals surface area (Å²) in [7, 11) is 1.40. The maximum Gasteiger partial charge on any atom is 0.348 e. The number of esters is 1. The maximum atomic E-state index is 12.3. The lowest BCUT2D eigenvalue weighted by Gasteiger charge is -2.10. The van der Waals surface area contributed by atoms with Gasteiger partial charge < -0.3 is 15.4 Å².